The number of hydrogen-bond acceptors (Lipinski definition) is 3. The highest BCUT2D eigenvalue weighted by molar-refractivity contribution is 5.94. The number of nitrogens with zero attached hydrogens (tertiary/aromatic N) is 2. The van der Waals surface area contributed by atoms with E-state index in [1.807, 2.05) is 28.9 Å². The van der Waals surface area contributed by atoms with E-state index in [1.54, 1.807) is 13.2 Å². The molecule has 1 aromatic rings. The van der Waals surface area contributed by atoms with Gasteiger partial charge >= 0.3 is 0 Å². The van der Waals surface area contributed by atoms with Crippen LogP contribution in [0.5, 0.6) is 5.75 Å². The molecule has 0 spiro atoms. The van der Waals surface area contributed by atoms with Gasteiger partial charge in [0.05, 0.1) is 7.11 Å². The number of methoxy groups -OCH3 is 1. The van der Waals surface area contributed by atoms with Crippen molar-refractivity contribution in [2.75, 3.05) is 33.3 Å². The van der Waals surface area contributed by atoms with Crippen molar-refractivity contribution in [3.63, 3.8) is 0 Å². The molecular weight excluding hydrogens is 292 g/mol. The Morgan fingerprint density at radius 3 is 2.26 bits per heavy atom. The van der Waals surface area contributed by atoms with Gasteiger partial charge in [0.25, 0.3) is 5.91 Å². The van der Waals surface area contributed by atoms with Gasteiger partial charge < -0.3 is 14.5 Å². The summed E-state index contributed by atoms with van der Waals surface area (Å²) >= 11 is 0. The van der Waals surface area contributed by atoms with E-state index in [4.69, 9.17) is 4.74 Å². The van der Waals surface area contributed by atoms with Crippen LogP contribution in [0.4, 0.5) is 0 Å². The van der Waals surface area contributed by atoms with Crippen LogP contribution in [0.3, 0.4) is 0 Å². The Bertz CT molecular complexity index is 602. The van der Waals surface area contributed by atoms with Gasteiger partial charge in [0.15, 0.2) is 0 Å². The Hall–Kier alpha value is -2.04. The molecule has 1 aliphatic heterocycles. The molecule has 0 bridgehead atoms. The zero-order chi connectivity index (χ0) is 16.4. The molecule has 0 radical (unpaired) electrons. The number of carbonyl (C=O) groups is 2. The molecule has 2 fully saturated rings. The molecule has 3 rings (SSSR count). The first-order valence-electron chi connectivity index (χ1n) is 8.33. The van der Waals surface area contributed by atoms with E-state index < -0.39 is 0 Å². The monoisotopic (exact) mass is 316 g/mol. The maximum absolute atomic E-state index is 12.6. The molecule has 1 heterocycles. The van der Waals surface area contributed by atoms with Crippen molar-refractivity contribution in [3.05, 3.63) is 29.3 Å². The van der Waals surface area contributed by atoms with Crippen molar-refractivity contribution in [2.45, 2.75) is 26.2 Å². The first-order valence-corrected chi connectivity index (χ1v) is 8.33. The largest absolute Gasteiger partial charge is 0.496 e. The van der Waals surface area contributed by atoms with Crippen LogP contribution in [0.25, 0.3) is 0 Å². The molecule has 124 valence electrons. The summed E-state index contributed by atoms with van der Waals surface area (Å²) in [5.74, 6) is 1.34. The number of rotatable bonds is 3. The van der Waals surface area contributed by atoms with Crippen molar-refractivity contribution in [1.82, 2.24) is 9.80 Å². The van der Waals surface area contributed by atoms with Crippen molar-refractivity contribution in [3.8, 4) is 5.75 Å². The molecule has 0 aromatic heterocycles. The maximum Gasteiger partial charge on any atom is 0.253 e. The van der Waals surface area contributed by atoms with Crippen LogP contribution in [-0.4, -0.2) is 54.9 Å². The average Bonchev–Trinajstić information content (AvgIpc) is 2.52. The van der Waals surface area contributed by atoms with Gasteiger partial charge in [-0.3, -0.25) is 9.59 Å². The van der Waals surface area contributed by atoms with E-state index in [-0.39, 0.29) is 17.7 Å². The minimum Gasteiger partial charge on any atom is -0.496 e. The van der Waals surface area contributed by atoms with Gasteiger partial charge in [-0.15, -0.1) is 0 Å². The standard InChI is InChI=1S/C18H24N2O3/c1-13-12-15(6-7-16(13)23-2)18(22)20-10-8-19(9-11-20)17(21)14-4-3-5-14/h6-7,12,14H,3-5,8-11H2,1-2H3. The Balaban J connectivity index is 1.59. The number of hydrogen-bond donors (Lipinski definition) is 0. The first kappa shape index (κ1) is 15.8. The van der Waals surface area contributed by atoms with Crippen LogP contribution < -0.4 is 4.74 Å². The molecule has 0 atom stereocenters. The van der Waals surface area contributed by atoms with Crippen molar-refractivity contribution >= 4 is 11.8 Å². The average molecular weight is 316 g/mol. The third-order valence-electron chi connectivity index (χ3n) is 4.97. The van der Waals surface area contributed by atoms with Crippen molar-refractivity contribution in [1.29, 1.82) is 0 Å². The van der Waals surface area contributed by atoms with Crippen LogP contribution in [0, 0.1) is 12.8 Å². The fourth-order valence-electron chi connectivity index (χ4n) is 3.24. The molecule has 5 heteroatoms. The first-order chi connectivity index (χ1) is 11.1. The van der Waals surface area contributed by atoms with Crippen LogP contribution in [0.2, 0.25) is 0 Å². The van der Waals surface area contributed by atoms with Crippen molar-refractivity contribution < 1.29 is 14.3 Å². The lowest BCUT2D eigenvalue weighted by Gasteiger charge is -2.38. The Labute approximate surface area is 137 Å². The number of carbonyl (C=O) groups excluding carboxylic acids is 2. The highest BCUT2D eigenvalue weighted by Crippen LogP contribution is 2.28. The van der Waals surface area contributed by atoms with Crippen molar-refractivity contribution in [2.24, 2.45) is 5.92 Å². The lowest BCUT2D eigenvalue weighted by Crippen LogP contribution is -2.52. The number of piperazine rings is 1. The fraction of sp³-hybridized carbons (Fsp3) is 0.556. The molecule has 2 amide bonds. The maximum atomic E-state index is 12.6. The molecule has 0 N–H and O–H groups in total. The second-order valence-corrected chi connectivity index (χ2v) is 6.43. The van der Waals surface area contributed by atoms with Gasteiger partial charge in [-0.05, 0) is 43.5 Å². The van der Waals surface area contributed by atoms with Gasteiger partial charge in [-0.1, -0.05) is 6.42 Å². The number of amides is 2. The summed E-state index contributed by atoms with van der Waals surface area (Å²) in [7, 11) is 1.63. The van der Waals surface area contributed by atoms with Crippen LogP contribution in [0.1, 0.15) is 35.2 Å². The quantitative estimate of drug-likeness (QED) is 0.858. The lowest BCUT2D eigenvalue weighted by atomic mass is 9.84. The third kappa shape index (κ3) is 3.19. The summed E-state index contributed by atoms with van der Waals surface area (Å²) in [5.41, 5.74) is 1.64. The van der Waals surface area contributed by atoms with E-state index in [9.17, 15) is 9.59 Å². The minimum atomic E-state index is 0.0338. The predicted molar refractivity (Wildman–Crippen MR) is 87.6 cm³/mol. The molecule has 1 saturated heterocycles. The zero-order valence-electron chi connectivity index (χ0n) is 13.9. The summed E-state index contributed by atoms with van der Waals surface area (Å²) in [4.78, 5) is 28.6. The Morgan fingerprint density at radius 2 is 1.74 bits per heavy atom. The van der Waals surface area contributed by atoms with Gasteiger partial charge in [-0.25, -0.2) is 0 Å². The molecule has 1 saturated carbocycles. The van der Waals surface area contributed by atoms with Crippen LogP contribution in [-0.2, 0) is 4.79 Å². The summed E-state index contributed by atoms with van der Waals surface area (Å²) in [5, 5.41) is 0. The van der Waals surface area contributed by atoms with Gasteiger partial charge in [0.1, 0.15) is 5.75 Å². The molecule has 2 aliphatic rings. The Kier molecular flexibility index (Phi) is 4.55. The van der Waals surface area contributed by atoms with E-state index in [0.717, 1.165) is 24.2 Å². The van der Waals surface area contributed by atoms with Gasteiger partial charge in [0, 0.05) is 37.7 Å². The highest BCUT2D eigenvalue weighted by atomic mass is 16.5. The summed E-state index contributed by atoms with van der Waals surface area (Å²) in [6.45, 7) is 4.46. The predicted octanol–water partition coefficient (Wildman–Crippen LogP) is 2.09. The summed E-state index contributed by atoms with van der Waals surface area (Å²) in [6.07, 6.45) is 3.23. The zero-order valence-corrected chi connectivity index (χ0v) is 13.9. The van der Waals surface area contributed by atoms with Crippen LogP contribution >= 0.6 is 0 Å². The summed E-state index contributed by atoms with van der Waals surface area (Å²) in [6, 6.07) is 5.51. The second kappa shape index (κ2) is 6.60. The lowest BCUT2D eigenvalue weighted by molar-refractivity contribution is -0.139. The number of benzene rings is 1. The minimum absolute atomic E-state index is 0.0338. The van der Waals surface area contributed by atoms with E-state index in [0.29, 0.717) is 31.7 Å². The van der Waals surface area contributed by atoms with Gasteiger partial charge in [0.2, 0.25) is 5.91 Å². The molecule has 0 unspecified atom stereocenters. The fourth-order valence-corrected chi connectivity index (χ4v) is 3.24. The second-order valence-electron chi connectivity index (χ2n) is 6.43. The van der Waals surface area contributed by atoms with E-state index in [2.05, 4.69) is 0 Å². The SMILES string of the molecule is COc1ccc(C(=O)N2CCN(C(=O)C3CCC3)CC2)cc1C. The smallest absolute Gasteiger partial charge is 0.253 e. The Morgan fingerprint density at radius 1 is 1.09 bits per heavy atom. The van der Waals surface area contributed by atoms with E-state index >= 15 is 0 Å². The van der Waals surface area contributed by atoms with Gasteiger partial charge in [-0.2, -0.15) is 0 Å². The molecule has 5 nitrogen and oxygen atoms in total. The molecular formula is C18H24N2O3. The highest BCUT2D eigenvalue weighted by Gasteiger charge is 2.32. The normalized spacial score (nSPS) is 18.5. The molecule has 1 aliphatic carbocycles. The molecule has 1 aromatic carbocycles. The summed E-state index contributed by atoms with van der Waals surface area (Å²) < 4.78 is 5.24. The topological polar surface area (TPSA) is 49.9 Å². The third-order valence-corrected chi connectivity index (χ3v) is 4.97. The molecule has 23 heavy (non-hydrogen) atoms. The number of aryl methyl sites for hydroxylation is 1. The van der Waals surface area contributed by atoms with Crippen LogP contribution in [0.15, 0.2) is 18.2 Å². The number of ether oxygens (including phenoxy) is 1. The van der Waals surface area contributed by atoms with E-state index in [1.165, 1.54) is 6.42 Å².